The van der Waals surface area contributed by atoms with Crippen molar-refractivity contribution in [2.24, 2.45) is 5.41 Å². The van der Waals surface area contributed by atoms with Gasteiger partial charge in [0.2, 0.25) is 5.91 Å². The fraction of sp³-hybridized carbons (Fsp3) is 0.650. The average Bonchev–Trinajstić information content (AvgIpc) is 3.04. The molecule has 0 radical (unpaired) electrons. The van der Waals surface area contributed by atoms with Crippen molar-refractivity contribution in [2.45, 2.75) is 45.4 Å². The molecule has 4 heteroatoms. The van der Waals surface area contributed by atoms with Crippen LogP contribution in [0, 0.1) is 5.41 Å². The van der Waals surface area contributed by atoms with Crippen molar-refractivity contribution in [3.63, 3.8) is 0 Å². The summed E-state index contributed by atoms with van der Waals surface area (Å²) >= 11 is 0. The number of amides is 1. The van der Waals surface area contributed by atoms with E-state index in [1.54, 1.807) is 0 Å². The lowest BCUT2D eigenvalue weighted by Crippen LogP contribution is -2.44. The van der Waals surface area contributed by atoms with E-state index in [0.717, 1.165) is 44.8 Å². The monoisotopic (exact) mass is 330 g/mol. The number of hydrogen-bond acceptors (Lipinski definition) is 3. The van der Waals surface area contributed by atoms with E-state index in [9.17, 15) is 4.79 Å². The van der Waals surface area contributed by atoms with Crippen molar-refractivity contribution in [3.05, 3.63) is 29.8 Å². The van der Waals surface area contributed by atoms with Crippen LogP contribution in [0.3, 0.4) is 0 Å². The first-order valence-electron chi connectivity index (χ1n) is 9.29. The summed E-state index contributed by atoms with van der Waals surface area (Å²) in [6.07, 6.45) is 4.02. The molecule has 1 aromatic carbocycles. The highest BCUT2D eigenvalue weighted by molar-refractivity contribution is 5.76. The Bertz CT molecular complexity index is 537. The van der Waals surface area contributed by atoms with Crippen molar-refractivity contribution >= 4 is 5.91 Å². The highest BCUT2D eigenvalue weighted by Crippen LogP contribution is 2.36. The number of piperidine rings is 1. The van der Waals surface area contributed by atoms with Crippen molar-refractivity contribution in [1.82, 2.24) is 10.2 Å². The Morgan fingerprint density at radius 1 is 1.21 bits per heavy atom. The van der Waals surface area contributed by atoms with Gasteiger partial charge in [-0.25, -0.2) is 0 Å². The molecular weight excluding hydrogens is 300 g/mol. The van der Waals surface area contributed by atoms with E-state index >= 15 is 0 Å². The molecule has 3 rings (SSSR count). The third kappa shape index (κ3) is 4.10. The predicted molar refractivity (Wildman–Crippen MR) is 96.4 cm³/mol. The summed E-state index contributed by atoms with van der Waals surface area (Å²) in [5.41, 5.74) is 1.77. The van der Waals surface area contributed by atoms with Crippen LogP contribution in [0.4, 0.5) is 0 Å². The van der Waals surface area contributed by atoms with E-state index in [-0.39, 0.29) is 5.91 Å². The number of benzene rings is 1. The summed E-state index contributed by atoms with van der Waals surface area (Å²) in [6.45, 7) is 8.90. The summed E-state index contributed by atoms with van der Waals surface area (Å²) in [4.78, 5) is 14.4. The van der Waals surface area contributed by atoms with E-state index in [2.05, 4.69) is 31.3 Å². The summed E-state index contributed by atoms with van der Waals surface area (Å²) in [5.74, 6) is 1.61. The van der Waals surface area contributed by atoms with Gasteiger partial charge in [0.05, 0.1) is 13.0 Å². The summed E-state index contributed by atoms with van der Waals surface area (Å²) in [7, 11) is 0. The van der Waals surface area contributed by atoms with Crippen LogP contribution < -0.4 is 10.1 Å². The largest absolute Gasteiger partial charge is 0.493 e. The molecule has 1 amide bonds. The molecule has 0 aromatic heterocycles. The Balaban J connectivity index is 1.39. The van der Waals surface area contributed by atoms with Gasteiger partial charge in [-0.15, -0.1) is 0 Å². The molecular formula is C20H30N2O2. The van der Waals surface area contributed by atoms with E-state index in [1.165, 1.54) is 12.0 Å². The van der Waals surface area contributed by atoms with Crippen molar-refractivity contribution in [1.29, 1.82) is 0 Å². The molecule has 0 atom stereocenters. The van der Waals surface area contributed by atoms with Gasteiger partial charge in [-0.2, -0.15) is 0 Å². The van der Waals surface area contributed by atoms with Crippen molar-refractivity contribution in [2.75, 3.05) is 32.8 Å². The summed E-state index contributed by atoms with van der Waals surface area (Å²) in [6, 6.07) is 8.19. The van der Waals surface area contributed by atoms with Gasteiger partial charge in [-0.1, -0.05) is 26.0 Å². The number of nitrogens with zero attached hydrogens (tertiary/aromatic N) is 1. The molecule has 0 saturated carbocycles. The summed E-state index contributed by atoms with van der Waals surface area (Å²) in [5, 5.41) is 3.47. The minimum absolute atomic E-state index is 0.231. The maximum atomic E-state index is 12.4. The molecule has 2 heterocycles. The predicted octanol–water partition coefficient (Wildman–Crippen LogP) is 3.18. The molecule has 4 nitrogen and oxygen atoms in total. The normalized spacial score (nSPS) is 19.9. The molecule has 1 aromatic rings. The molecule has 132 valence electrons. The molecule has 0 unspecified atom stereocenters. The molecule has 2 aliphatic heterocycles. The van der Waals surface area contributed by atoms with Gasteiger partial charge in [0.1, 0.15) is 5.75 Å². The summed E-state index contributed by atoms with van der Waals surface area (Å²) < 4.78 is 5.74. The maximum absolute atomic E-state index is 12.4. The number of nitrogens with one attached hydrogen (secondary N) is 1. The standard InChI is InChI=1S/C20H30N2O2/c1-16(2)17-3-5-18(6-4-17)24-14-7-19(23)22-12-9-20(10-13-22)8-11-21-15-20/h3-6,16,21H,7-15H2,1-2H3. The molecule has 0 bridgehead atoms. The molecule has 1 spiro atoms. The number of hydrogen-bond donors (Lipinski definition) is 1. The molecule has 2 fully saturated rings. The van der Waals surface area contributed by atoms with Crippen LogP contribution in [0.15, 0.2) is 24.3 Å². The lowest BCUT2D eigenvalue weighted by atomic mass is 9.78. The zero-order valence-electron chi connectivity index (χ0n) is 15.0. The van der Waals surface area contributed by atoms with Crippen LogP contribution >= 0.6 is 0 Å². The number of carbonyl (C=O) groups excluding carboxylic acids is 1. The topological polar surface area (TPSA) is 41.6 Å². The second-order valence-corrected chi connectivity index (χ2v) is 7.63. The first-order valence-corrected chi connectivity index (χ1v) is 9.29. The third-order valence-corrected chi connectivity index (χ3v) is 5.64. The third-order valence-electron chi connectivity index (χ3n) is 5.64. The minimum atomic E-state index is 0.231. The van der Waals surface area contributed by atoms with Crippen molar-refractivity contribution < 1.29 is 9.53 Å². The fourth-order valence-corrected chi connectivity index (χ4v) is 3.82. The lowest BCUT2D eigenvalue weighted by Gasteiger charge is -2.38. The highest BCUT2D eigenvalue weighted by atomic mass is 16.5. The van der Waals surface area contributed by atoms with Crippen LogP contribution in [0.5, 0.6) is 5.75 Å². The highest BCUT2D eigenvalue weighted by Gasteiger charge is 2.37. The quantitative estimate of drug-likeness (QED) is 0.901. The Kier molecular flexibility index (Phi) is 5.44. The van der Waals surface area contributed by atoms with Crippen LogP contribution in [0.1, 0.15) is 51.0 Å². The van der Waals surface area contributed by atoms with Crippen LogP contribution in [0.2, 0.25) is 0 Å². The number of ether oxygens (including phenoxy) is 1. The Morgan fingerprint density at radius 3 is 2.50 bits per heavy atom. The van der Waals surface area contributed by atoms with Gasteiger partial charge in [-0.3, -0.25) is 4.79 Å². The molecule has 24 heavy (non-hydrogen) atoms. The first-order chi connectivity index (χ1) is 11.6. The maximum Gasteiger partial charge on any atom is 0.225 e. The lowest BCUT2D eigenvalue weighted by molar-refractivity contribution is -0.133. The second-order valence-electron chi connectivity index (χ2n) is 7.63. The van der Waals surface area contributed by atoms with E-state index in [0.29, 0.717) is 24.4 Å². The molecule has 2 aliphatic rings. The van der Waals surface area contributed by atoms with Gasteiger partial charge in [0.15, 0.2) is 0 Å². The Hall–Kier alpha value is -1.55. The number of carbonyl (C=O) groups is 1. The molecule has 1 N–H and O–H groups in total. The number of likely N-dealkylation sites (tertiary alicyclic amines) is 1. The average molecular weight is 330 g/mol. The van der Waals surface area contributed by atoms with Gasteiger partial charge in [0.25, 0.3) is 0 Å². The van der Waals surface area contributed by atoms with Crippen molar-refractivity contribution in [3.8, 4) is 5.75 Å². The van der Waals surface area contributed by atoms with Gasteiger partial charge >= 0.3 is 0 Å². The fourth-order valence-electron chi connectivity index (χ4n) is 3.82. The van der Waals surface area contributed by atoms with E-state index in [1.807, 2.05) is 17.0 Å². The smallest absolute Gasteiger partial charge is 0.225 e. The molecule has 2 saturated heterocycles. The van der Waals surface area contributed by atoms with Crippen LogP contribution in [-0.2, 0) is 4.79 Å². The molecule has 0 aliphatic carbocycles. The Morgan fingerprint density at radius 2 is 1.92 bits per heavy atom. The van der Waals surface area contributed by atoms with Crippen LogP contribution in [0.25, 0.3) is 0 Å². The Labute approximate surface area is 145 Å². The van der Waals surface area contributed by atoms with E-state index < -0.39 is 0 Å². The van der Waals surface area contributed by atoms with Crippen LogP contribution in [-0.4, -0.2) is 43.6 Å². The number of rotatable bonds is 5. The second kappa shape index (κ2) is 7.56. The van der Waals surface area contributed by atoms with Gasteiger partial charge in [0, 0.05) is 19.6 Å². The zero-order chi connectivity index (χ0) is 17.0. The first kappa shape index (κ1) is 17.3. The zero-order valence-corrected chi connectivity index (χ0v) is 15.0. The van der Waals surface area contributed by atoms with Gasteiger partial charge < -0.3 is 15.0 Å². The SMILES string of the molecule is CC(C)c1ccc(OCCC(=O)N2CCC3(CCNC3)CC2)cc1. The minimum Gasteiger partial charge on any atom is -0.493 e. The van der Waals surface area contributed by atoms with Gasteiger partial charge in [-0.05, 0) is 54.8 Å². The van der Waals surface area contributed by atoms with E-state index in [4.69, 9.17) is 4.74 Å².